The molecule has 5 heteroatoms. The van der Waals surface area contributed by atoms with E-state index in [1.54, 1.807) is 24.7 Å². The van der Waals surface area contributed by atoms with Crippen molar-refractivity contribution in [3.05, 3.63) is 60.3 Å². The Bertz CT molecular complexity index is 640. The minimum atomic E-state index is 0.0417. The molecule has 0 aliphatic rings. The molecule has 1 N–H and O–H groups in total. The summed E-state index contributed by atoms with van der Waals surface area (Å²) in [6.45, 7) is 0.725. The fourth-order valence-electron chi connectivity index (χ4n) is 1.60. The molecule has 2 rings (SSSR count). The van der Waals surface area contributed by atoms with Crippen molar-refractivity contribution in [2.24, 2.45) is 0 Å². The molecule has 1 aromatic carbocycles. The van der Waals surface area contributed by atoms with Crippen molar-refractivity contribution < 1.29 is 0 Å². The molecule has 2 aromatic rings. The molecule has 0 saturated heterocycles. The molecule has 0 saturated carbocycles. The first-order valence-corrected chi connectivity index (χ1v) is 5.63. The van der Waals surface area contributed by atoms with Gasteiger partial charge >= 0.3 is 0 Å². The largest absolute Gasteiger partial charge is 0.360 e. The van der Waals surface area contributed by atoms with Gasteiger partial charge in [-0.2, -0.15) is 10.5 Å². The molecule has 1 aromatic heterocycles. The van der Waals surface area contributed by atoms with Gasteiger partial charge in [0.25, 0.3) is 0 Å². The van der Waals surface area contributed by atoms with Crippen LogP contribution in [0.5, 0.6) is 0 Å². The summed E-state index contributed by atoms with van der Waals surface area (Å²) in [7, 11) is 0. The van der Waals surface area contributed by atoms with Crippen LogP contribution < -0.4 is 5.32 Å². The summed E-state index contributed by atoms with van der Waals surface area (Å²) >= 11 is 0. The highest BCUT2D eigenvalue weighted by molar-refractivity contribution is 5.50. The third-order valence-corrected chi connectivity index (χ3v) is 2.48. The van der Waals surface area contributed by atoms with Crippen LogP contribution in [0.15, 0.2) is 54.8 Å². The number of hydrogen-bond donors (Lipinski definition) is 1. The van der Waals surface area contributed by atoms with E-state index in [1.807, 2.05) is 35.0 Å². The van der Waals surface area contributed by atoms with Crippen LogP contribution in [0.1, 0.15) is 5.56 Å². The first-order valence-electron chi connectivity index (χ1n) is 5.63. The molecule has 0 aliphatic carbocycles. The summed E-state index contributed by atoms with van der Waals surface area (Å²) in [5.74, 6) is 0. The van der Waals surface area contributed by atoms with Crippen molar-refractivity contribution in [2.45, 2.75) is 6.54 Å². The molecule has 0 unspecified atom stereocenters. The van der Waals surface area contributed by atoms with Crippen molar-refractivity contribution in [1.29, 1.82) is 10.5 Å². The van der Waals surface area contributed by atoms with Gasteiger partial charge in [-0.3, -0.25) is 0 Å². The number of imidazole rings is 1. The fourth-order valence-corrected chi connectivity index (χ4v) is 1.60. The number of rotatable bonds is 4. The maximum absolute atomic E-state index is 8.64. The van der Waals surface area contributed by atoms with E-state index in [2.05, 4.69) is 10.3 Å². The first-order chi connectivity index (χ1) is 9.31. The van der Waals surface area contributed by atoms with Crippen molar-refractivity contribution in [3.63, 3.8) is 0 Å². The molecule has 0 bridgehead atoms. The van der Waals surface area contributed by atoms with Crippen molar-refractivity contribution in [1.82, 2.24) is 9.55 Å². The molecular weight excluding hydrogens is 238 g/mol. The number of hydrogen-bond acceptors (Lipinski definition) is 4. The van der Waals surface area contributed by atoms with Gasteiger partial charge in [0.1, 0.15) is 17.7 Å². The van der Waals surface area contributed by atoms with Crippen LogP contribution in [-0.4, -0.2) is 9.55 Å². The lowest BCUT2D eigenvalue weighted by Crippen LogP contribution is -1.97. The third kappa shape index (κ3) is 3.45. The molecule has 0 spiro atoms. The predicted octanol–water partition coefficient (Wildman–Crippen LogP) is 2.27. The normalized spacial score (nSPS) is 9.16. The topological polar surface area (TPSA) is 77.4 Å². The number of anilines is 1. The summed E-state index contributed by atoms with van der Waals surface area (Å²) < 4.78 is 1.96. The van der Waals surface area contributed by atoms with E-state index in [1.165, 1.54) is 6.20 Å². The molecule has 92 valence electrons. The highest BCUT2D eigenvalue weighted by Crippen LogP contribution is 2.12. The Morgan fingerprint density at radius 1 is 1.37 bits per heavy atom. The molecule has 0 fully saturated rings. The standard InChI is InChI=1S/C14H11N5/c15-7-13(8-16)9-18-14-3-1-2-12(6-14)10-19-5-4-17-11-19/h1-6,9,11,18H,10H2. The summed E-state index contributed by atoms with van der Waals surface area (Å²) in [5.41, 5.74) is 1.98. The van der Waals surface area contributed by atoms with Gasteiger partial charge in [0.2, 0.25) is 0 Å². The van der Waals surface area contributed by atoms with Gasteiger partial charge in [-0.15, -0.1) is 0 Å². The van der Waals surface area contributed by atoms with E-state index in [-0.39, 0.29) is 5.57 Å². The minimum absolute atomic E-state index is 0.0417. The fraction of sp³-hybridized carbons (Fsp3) is 0.0714. The van der Waals surface area contributed by atoms with Crippen LogP contribution in [0.3, 0.4) is 0 Å². The van der Waals surface area contributed by atoms with Gasteiger partial charge in [0.15, 0.2) is 0 Å². The van der Waals surface area contributed by atoms with Gasteiger partial charge in [-0.25, -0.2) is 4.98 Å². The summed E-state index contributed by atoms with van der Waals surface area (Å²) in [6, 6.07) is 11.4. The van der Waals surface area contributed by atoms with Crippen LogP contribution in [0.4, 0.5) is 5.69 Å². The minimum Gasteiger partial charge on any atom is -0.360 e. The zero-order valence-electron chi connectivity index (χ0n) is 10.1. The third-order valence-electron chi connectivity index (χ3n) is 2.48. The van der Waals surface area contributed by atoms with Crippen LogP contribution in [0.2, 0.25) is 0 Å². The van der Waals surface area contributed by atoms with Crippen LogP contribution in [0.25, 0.3) is 0 Å². The smallest absolute Gasteiger partial charge is 0.145 e. The highest BCUT2D eigenvalue weighted by atomic mass is 15.0. The molecule has 19 heavy (non-hydrogen) atoms. The van der Waals surface area contributed by atoms with Gasteiger partial charge in [0.05, 0.1) is 6.33 Å². The van der Waals surface area contributed by atoms with Crippen LogP contribution >= 0.6 is 0 Å². The van der Waals surface area contributed by atoms with Gasteiger partial charge in [-0.1, -0.05) is 12.1 Å². The monoisotopic (exact) mass is 249 g/mol. The zero-order chi connectivity index (χ0) is 13.5. The Morgan fingerprint density at radius 2 is 2.21 bits per heavy atom. The van der Waals surface area contributed by atoms with E-state index >= 15 is 0 Å². The van der Waals surface area contributed by atoms with Gasteiger partial charge in [0, 0.05) is 30.8 Å². The van der Waals surface area contributed by atoms with E-state index < -0.39 is 0 Å². The number of benzene rings is 1. The van der Waals surface area contributed by atoms with Gasteiger partial charge < -0.3 is 9.88 Å². The molecule has 0 amide bonds. The maximum atomic E-state index is 8.64. The van der Waals surface area contributed by atoms with Crippen molar-refractivity contribution in [2.75, 3.05) is 5.32 Å². The quantitative estimate of drug-likeness (QED) is 0.843. The molecule has 0 atom stereocenters. The van der Waals surface area contributed by atoms with E-state index in [9.17, 15) is 0 Å². The highest BCUT2D eigenvalue weighted by Gasteiger charge is 1.97. The van der Waals surface area contributed by atoms with Crippen molar-refractivity contribution in [3.8, 4) is 12.1 Å². The lowest BCUT2D eigenvalue weighted by atomic mass is 10.2. The number of nitrogens with zero attached hydrogens (tertiary/aromatic N) is 4. The maximum Gasteiger partial charge on any atom is 0.145 e. The lowest BCUT2D eigenvalue weighted by molar-refractivity contribution is 0.798. The van der Waals surface area contributed by atoms with Crippen LogP contribution in [0, 0.1) is 22.7 Å². The average molecular weight is 249 g/mol. The summed E-state index contributed by atoms with van der Waals surface area (Å²) in [5, 5.41) is 20.2. The summed E-state index contributed by atoms with van der Waals surface area (Å²) in [6.07, 6.45) is 6.78. The van der Waals surface area contributed by atoms with E-state index in [4.69, 9.17) is 10.5 Å². The second-order valence-electron chi connectivity index (χ2n) is 3.86. The first kappa shape index (κ1) is 12.4. The molecule has 0 aliphatic heterocycles. The summed E-state index contributed by atoms with van der Waals surface area (Å²) in [4.78, 5) is 3.99. The second-order valence-corrected chi connectivity index (χ2v) is 3.86. The Hall–Kier alpha value is -3.05. The zero-order valence-corrected chi connectivity index (χ0v) is 10.1. The molecule has 5 nitrogen and oxygen atoms in total. The van der Waals surface area contributed by atoms with Crippen molar-refractivity contribution >= 4 is 5.69 Å². The lowest BCUT2D eigenvalue weighted by Gasteiger charge is -2.05. The van der Waals surface area contributed by atoms with Crippen LogP contribution in [-0.2, 0) is 6.54 Å². The number of aromatic nitrogens is 2. The number of nitriles is 2. The Balaban J connectivity index is 2.10. The molecule has 0 radical (unpaired) electrons. The average Bonchev–Trinajstić information content (AvgIpc) is 2.93. The van der Waals surface area contributed by atoms with E-state index in [0.717, 1.165) is 17.8 Å². The Labute approximate surface area is 111 Å². The second kappa shape index (κ2) is 6.04. The number of nitrogens with one attached hydrogen (secondary N) is 1. The molecular formula is C14H11N5. The van der Waals surface area contributed by atoms with Gasteiger partial charge in [-0.05, 0) is 17.7 Å². The molecule has 1 heterocycles. The number of allylic oxidation sites excluding steroid dienone is 1. The Morgan fingerprint density at radius 3 is 2.89 bits per heavy atom. The predicted molar refractivity (Wildman–Crippen MR) is 70.7 cm³/mol. The SMILES string of the molecule is N#CC(C#N)=CNc1cccc(Cn2ccnc2)c1. The van der Waals surface area contributed by atoms with E-state index in [0.29, 0.717) is 0 Å². The Kier molecular flexibility index (Phi) is 3.94.